The van der Waals surface area contributed by atoms with Gasteiger partial charge in [0.25, 0.3) is 0 Å². The Hall–Kier alpha value is 1.81. The fraction of sp³-hybridized carbons (Fsp3) is 1.00. The Balaban J connectivity index is -0.000000165. The van der Waals surface area contributed by atoms with E-state index < -0.39 is 17.7 Å². The standard InChI is InChI=1S/C8H18O4S.BO3.2Na/c1-3-5-6-8(4-2)7-12-13(9,10)11;2-1(3)4;;/h8H,3-7H2,1-2H3,(H,9,10,11);;;/q;-3;2*+1/p-1. The molecule has 7 nitrogen and oxygen atoms in total. The van der Waals surface area contributed by atoms with Gasteiger partial charge in [-0.3, -0.25) is 11.5 Å². The second kappa shape index (κ2) is 17.9. The van der Waals surface area contributed by atoms with Crippen LogP contribution < -0.4 is 74.2 Å². The van der Waals surface area contributed by atoms with E-state index in [1.165, 1.54) is 0 Å². The number of rotatable bonds is 7. The first-order chi connectivity index (χ1) is 7.72. The van der Waals surface area contributed by atoms with Crippen molar-refractivity contribution in [1.29, 1.82) is 0 Å². The quantitative estimate of drug-likeness (QED) is 0.258. The zero-order valence-electron chi connectivity index (χ0n) is 12.0. The van der Waals surface area contributed by atoms with E-state index >= 15 is 0 Å². The first-order valence-electron chi connectivity index (χ1n) is 5.30. The molecular formula is C8H17BNa2O7S-2. The molecule has 0 N–H and O–H groups in total. The number of hydrogen-bond acceptors (Lipinski definition) is 7. The van der Waals surface area contributed by atoms with E-state index in [1.807, 2.05) is 6.92 Å². The summed E-state index contributed by atoms with van der Waals surface area (Å²) in [4.78, 5) is 0. The van der Waals surface area contributed by atoms with Crippen LogP contribution >= 0.6 is 0 Å². The van der Waals surface area contributed by atoms with Crippen molar-refractivity contribution in [3.63, 3.8) is 0 Å². The van der Waals surface area contributed by atoms with Crippen molar-refractivity contribution in [2.45, 2.75) is 39.5 Å². The Kier molecular flexibility index (Phi) is 27.2. The molecule has 19 heavy (non-hydrogen) atoms. The van der Waals surface area contributed by atoms with Crippen molar-refractivity contribution in [2.75, 3.05) is 6.61 Å². The third-order valence-electron chi connectivity index (χ3n) is 1.99. The zero-order valence-corrected chi connectivity index (χ0v) is 16.8. The molecule has 0 aromatic carbocycles. The molecule has 0 aromatic heterocycles. The minimum atomic E-state index is -4.50. The Labute approximate surface area is 159 Å². The minimum absolute atomic E-state index is 0. The van der Waals surface area contributed by atoms with Crippen molar-refractivity contribution < 1.29 is 91.3 Å². The van der Waals surface area contributed by atoms with E-state index in [4.69, 9.17) is 15.1 Å². The molecule has 0 aromatic rings. The number of hydrogen-bond donors (Lipinski definition) is 0. The molecule has 0 saturated carbocycles. The smallest absolute Gasteiger partial charge is 0.907 e. The number of unbranched alkanes of at least 4 members (excludes halogenated alkanes) is 1. The van der Waals surface area contributed by atoms with Gasteiger partial charge in [0.15, 0.2) is 0 Å². The molecule has 0 amide bonds. The maximum Gasteiger partial charge on any atom is 1.00 e. The first kappa shape index (κ1) is 28.9. The summed E-state index contributed by atoms with van der Waals surface area (Å²) < 4.78 is 34.6. The van der Waals surface area contributed by atoms with Gasteiger partial charge in [-0.05, 0) is 12.3 Å². The summed E-state index contributed by atoms with van der Waals surface area (Å²) in [5.41, 5.74) is 0. The van der Waals surface area contributed by atoms with E-state index in [-0.39, 0.29) is 71.6 Å². The SMILES string of the molecule is CCCCC(CC)COS(=O)(=O)[O-].[Na+].[Na+].[O-]B([O-])[O-]. The molecule has 0 saturated heterocycles. The van der Waals surface area contributed by atoms with Gasteiger partial charge in [0, 0.05) is 0 Å². The molecule has 0 aliphatic heterocycles. The van der Waals surface area contributed by atoms with Crippen molar-refractivity contribution in [1.82, 2.24) is 0 Å². The molecule has 1 atom stereocenters. The van der Waals surface area contributed by atoms with Gasteiger partial charge in [0.1, 0.15) is 0 Å². The molecule has 0 spiro atoms. The average Bonchev–Trinajstić information content (AvgIpc) is 2.16. The largest absolute Gasteiger partial charge is 1.00 e. The summed E-state index contributed by atoms with van der Waals surface area (Å²) >= 11 is 0. The van der Waals surface area contributed by atoms with Gasteiger partial charge in [-0.25, -0.2) is 8.42 Å². The normalized spacial score (nSPS) is 11.3. The Morgan fingerprint density at radius 3 is 1.84 bits per heavy atom. The monoisotopic (exact) mass is 314 g/mol. The second-order valence-corrected chi connectivity index (χ2v) is 4.45. The summed E-state index contributed by atoms with van der Waals surface area (Å²) in [6, 6.07) is 0. The molecule has 0 aliphatic carbocycles. The fourth-order valence-corrected chi connectivity index (χ4v) is 1.44. The zero-order chi connectivity index (χ0) is 13.9. The fourth-order valence-electron chi connectivity index (χ4n) is 1.08. The van der Waals surface area contributed by atoms with E-state index in [0.29, 0.717) is 0 Å². The molecule has 0 bridgehead atoms. The third kappa shape index (κ3) is 33.0. The van der Waals surface area contributed by atoms with Crippen LogP contribution in [0.2, 0.25) is 0 Å². The molecule has 0 fully saturated rings. The van der Waals surface area contributed by atoms with Crippen LogP contribution in [0.25, 0.3) is 0 Å². The molecule has 0 radical (unpaired) electrons. The van der Waals surface area contributed by atoms with Crippen LogP contribution in [0.15, 0.2) is 0 Å². The molecule has 1 unspecified atom stereocenters. The van der Waals surface area contributed by atoms with Crippen molar-refractivity contribution in [3.05, 3.63) is 0 Å². The van der Waals surface area contributed by atoms with Crippen LogP contribution in [-0.4, -0.2) is 26.9 Å². The van der Waals surface area contributed by atoms with Gasteiger partial charge in [0.05, 0.1) is 6.61 Å². The van der Waals surface area contributed by atoms with Crippen LogP contribution in [0.3, 0.4) is 0 Å². The van der Waals surface area contributed by atoms with Gasteiger partial charge in [-0.15, -0.1) is 0 Å². The van der Waals surface area contributed by atoms with Crippen molar-refractivity contribution in [3.8, 4) is 0 Å². The molecule has 0 heterocycles. The van der Waals surface area contributed by atoms with Crippen molar-refractivity contribution >= 4 is 17.7 Å². The predicted octanol–water partition coefficient (Wildman–Crippen LogP) is -8.26. The topological polar surface area (TPSA) is 136 Å². The molecule has 0 rings (SSSR count). The Morgan fingerprint density at radius 2 is 1.58 bits per heavy atom. The summed E-state index contributed by atoms with van der Waals surface area (Å²) in [5, 5.41) is 25.2. The minimum Gasteiger partial charge on any atom is -0.907 e. The first-order valence-corrected chi connectivity index (χ1v) is 6.63. The molecule has 104 valence electrons. The van der Waals surface area contributed by atoms with Gasteiger partial charge < -0.3 is 19.6 Å². The van der Waals surface area contributed by atoms with Crippen molar-refractivity contribution in [2.24, 2.45) is 5.92 Å². The van der Waals surface area contributed by atoms with E-state index in [2.05, 4.69) is 11.1 Å². The van der Waals surface area contributed by atoms with Gasteiger partial charge in [-0.2, -0.15) is 0 Å². The van der Waals surface area contributed by atoms with Crippen LogP contribution in [0.5, 0.6) is 0 Å². The average molecular weight is 314 g/mol. The molecule has 0 aliphatic rings. The summed E-state index contributed by atoms with van der Waals surface area (Å²) in [5.74, 6) is 0.184. The van der Waals surface area contributed by atoms with Crippen LogP contribution in [0.4, 0.5) is 0 Å². The van der Waals surface area contributed by atoms with Crippen LogP contribution in [0.1, 0.15) is 39.5 Å². The van der Waals surface area contributed by atoms with Crippen LogP contribution in [0, 0.1) is 5.92 Å². The van der Waals surface area contributed by atoms with Gasteiger partial charge in [-0.1, -0.05) is 33.1 Å². The summed E-state index contributed by atoms with van der Waals surface area (Å²) in [6.07, 6.45) is 3.87. The molecular weight excluding hydrogens is 297 g/mol. The maximum absolute atomic E-state index is 10.1. The Bertz CT molecular complexity index is 261. The van der Waals surface area contributed by atoms with Gasteiger partial charge in [0.2, 0.25) is 10.4 Å². The van der Waals surface area contributed by atoms with E-state index in [0.717, 1.165) is 25.7 Å². The maximum atomic E-state index is 10.1. The second-order valence-electron chi connectivity index (χ2n) is 3.40. The van der Waals surface area contributed by atoms with Gasteiger partial charge >= 0.3 is 59.1 Å². The molecule has 11 heteroatoms. The summed E-state index contributed by atoms with van der Waals surface area (Å²) in [7, 11) is -7.42. The predicted molar refractivity (Wildman–Crippen MR) is 54.7 cm³/mol. The van der Waals surface area contributed by atoms with Crippen LogP contribution in [-0.2, 0) is 14.6 Å². The van der Waals surface area contributed by atoms with E-state index in [1.54, 1.807) is 0 Å². The summed E-state index contributed by atoms with van der Waals surface area (Å²) in [6.45, 7) is 4.06. The van der Waals surface area contributed by atoms with E-state index in [9.17, 15) is 13.0 Å². The third-order valence-corrected chi connectivity index (χ3v) is 2.42. The Morgan fingerprint density at radius 1 is 1.16 bits per heavy atom.